The molecule has 0 N–H and O–H groups in total. The second kappa shape index (κ2) is 5.61. The zero-order valence-electron chi connectivity index (χ0n) is 11.3. The lowest BCUT2D eigenvalue weighted by Crippen LogP contribution is -2.11. The molecule has 2 rings (SSSR count). The SMILES string of the molecule is CCOC(=O)c1c(C)ncnc1-c1cccc(C)c1. The van der Waals surface area contributed by atoms with E-state index in [0.717, 1.165) is 11.1 Å². The third-order valence-corrected chi connectivity index (χ3v) is 2.81. The van der Waals surface area contributed by atoms with Crippen molar-refractivity contribution in [2.24, 2.45) is 0 Å². The van der Waals surface area contributed by atoms with E-state index in [0.29, 0.717) is 23.6 Å². The Balaban J connectivity index is 2.57. The highest BCUT2D eigenvalue weighted by Gasteiger charge is 2.18. The van der Waals surface area contributed by atoms with Crippen molar-refractivity contribution in [3.05, 3.63) is 47.4 Å². The molecule has 0 saturated carbocycles. The summed E-state index contributed by atoms with van der Waals surface area (Å²) in [6.07, 6.45) is 1.47. The van der Waals surface area contributed by atoms with Crippen molar-refractivity contribution in [2.75, 3.05) is 6.61 Å². The van der Waals surface area contributed by atoms with Crippen molar-refractivity contribution in [3.63, 3.8) is 0 Å². The van der Waals surface area contributed by atoms with E-state index in [9.17, 15) is 4.79 Å². The molecule has 1 aromatic carbocycles. The number of aromatic nitrogens is 2. The van der Waals surface area contributed by atoms with Crippen LogP contribution in [-0.2, 0) is 4.74 Å². The molecule has 2 aromatic rings. The van der Waals surface area contributed by atoms with Gasteiger partial charge in [0.05, 0.1) is 18.0 Å². The summed E-state index contributed by atoms with van der Waals surface area (Å²) in [4.78, 5) is 20.4. The molecule has 4 heteroatoms. The Hall–Kier alpha value is -2.23. The van der Waals surface area contributed by atoms with Gasteiger partial charge in [0.15, 0.2) is 0 Å². The smallest absolute Gasteiger partial charge is 0.342 e. The number of ether oxygens (including phenoxy) is 1. The summed E-state index contributed by atoms with van der Waals surface area (Å²) in [7, 11) is 0. The molecule has 0 aliphatic carbocycles. The Morgan fingerprint density at radius 3 is 2.74 bits per heavy atom. The van der Waals surface area contributed by atoms with Crippen LogP contribution in [0.3, 0.4) is 0 Å². The van der Waals surface area contributed by atoms with Gasteiger partial charge < -0.3 is 4.74 Å². The Morgan fingerprint density at radius 1 is 1.26 bits per heavy atom. The molecule has 0 aliphatic heterocycles. The van der Waals surface area contributed by atoms with Crippen LogP contribution in [0.2, 0.25) is 0 Å². The number of hydrogen-bond acceptors (Lipinski definition) is 4. The van der Waals surface area contributed by atoms with Gasteiger partial charge in [0.2, 0.25) is 0 Å². The predicted molar refractivity (Wildman–Crippen MR) is 72.9 cm³/mol. The summed E-state index contributed by atoms with van der Waals surface area (Å²) in [5.41, 5.74) is 3.70. The molecule has 0 unspecified atom stereocenters. The largest absolute Gasteiger partial charge is 0.462 e. The van der Waals surface area contributed by atoms with Gasteiger partial charge in [-0.15, -0.1) is 0 Å². The summed E-state index contributed by atoms with van der Waals surface area (Å²) in [6.45, 7) is 5.90. The van der Waals surface area contributed by atoms with Gasteiger partial charge in [0.25, 0.3) is 0 Å². The average Bonchev–Trinajstić information content (AvgIpc) is 2.38. The molecule has 0 atom stereocenters. The van der Waals surface area contributed by atoms with Gasteiger partial charge in [-0.25, -0.2) is 14.8 Å². The van der Waals surface area contributed by atoms with Crippen LogP contribution < -0.4 is 0 Å². The van der Waals surface area contributed by atoms with Gasteiger partial charge in [-0.3, -0.25) is 0 Å². The molecule has 0 fully saturated rings. The Bertz CT molecular complexity index is 609. The number of carbonyl (C=O) groups is 1. The molecule has 0 radical (unpaired) electrons. The molecule has 0 aliphatic rings. The lowest BCUT2D eigenvalue weighted by molar-refractivity contribution is 0.0525. The zero-order chi connectivity index (χ0) is 13.8. The second-order valence-electron chi connectivity index (χ2n) is 4.27. The maximum atomic E-state index is 12.0. The molecule has 0 saturated heterocycles. The topological polar surface area (TPSA) is 52.1 Å². The van der Waals surface area contributed by atoms with Crippen LogP contribution in [0.5, 0.6) is 0 Å². The van der Waals surface area contributed by atoms with Crippen molar-refractivity contribution in [3.8, 4) is 11.3 Å². The van der Waals surface area contributed by atoms with Crippen LogP contribution in [0, 0.1) is 13.8 Å². The molecule has 1 aromatic heterocycles. The molecule has 0 amide bonds. The van der Waals surface area contributed by atoms with E-state index < -0.39 is 0 Å². The lowest BCUT2D eigenvalue weighted by atomic mass is 10.0. The highest BCUT2D eigenvalue weighted by atomic mass is 16.5. The predicted octanol–water partition coefficient (Wildman–Crippen LogP) is 2.94. The minimum Gasteiger partial charge on any atom is -0.462 e. The quantitative estimate of drug-likeness (QED) is 0.792. The Labute approximate surface area is 112 Å². The van der Waals surface area contributed by atoms with E-state index in [2.05, 4.69) is 9.97 Å². The maximum absolute atomic E-state index is 12.0. The molecule has 0 bridgehead atoms. The van der Waals surface area contributed by atoms with Crippen LogP contribution in [0.25, 0.3) is 11.3 Å². The summed E-state index contributed by atoms with van der Waals surface area (Å²) < 4.78 is 5.08. The zero-order valence-corrected chi connectivity index (χ0v) is 11.3. The second-order valence-corrected chi connectivity index (χ2v) is 4.27. The fourth-order valence-corrected chi connectivity index (χ4v) is 1.93. The number of esters is 1. The lowest BCUT2D eigenvalue weighted by Gasteiger charge is -2.10. The number of hydrogen-bond donors (Lipinski definition) is 0. The normalized spacial score (nSPS) is 10.3. The summed E-state index contributed by atoms with van der Waals surface area (Å²) in [5, 5.41) is 0. The van der Waals surface area contributed by atoms with E-state index in [4.69, 9.17) is 4.74 Å². The van der Waals surface area contributed by atoms with Gasteiger partial charge in [-0.05, 0) is 26.8 Å². The molecular weight excluding hydrogens is 240 g/mol. The number of nitrogens with zero attached hydrogens (tertiary/aromatic N) is 2. The molecular formula is C15H16N2O2. The van der Waals surface area contributed by atoms with Gasteiger partial charge in [0.1, 0.15) is 11.9 Å². The molecule has 1 heterocycles. The highest BCUT2D eigenvalue weighted by Crippen LogP contribution is 2.24. The summed E-state index contributed by atoms with van der Waals surface area (Å²) >= 11 is 0. The fourth-order valence-electron chi connectivity index (χ4n) is 1.93. The molecule has 0 spiro atoms. The monoisotopic (exact) mass is 256 g/mol. The van der Waals surface area contributed by atoms with Crippen LogP contribution in [0.15, 0.2) is 30.6 Å². The van der Waals surface area contributed by atoms with Gasteiger partial charge in [0, 0.05) is 5.56 Å². The first-order valence-corrected chi connectivity index (χ1v) is 6.19. The minimum absolute atomic E-state index is 0.334. The standard InChI is InChI=1S/C15H16N2O2/c1-4-19-15(18)13-11(3)16-9-17-14(13)12-7-5-6-10(2)8-12/h5-9H,4H2,1-3H3. The number of carbonyl (C=O) groups excluding carboxylic acids is 1. The third-order valence-electron chi connectivity index (χ3n) is 2.81. The number of rotatable bonds is 3. The molecule has 98 valence electrons. The third kappa shape index (κ3) is 2.78. The van der Waals surface area contributed by atoms with Crippen molar-refractivity contribution in [1.29, 1.82) is 0 Å². The number of benzene rings is 1. The van der Waals surface area contributed by atoms with E-state index in [-0.39, 0.29) is 5.97 Å². The van der Waals surface area contributed by atoms with Crippen molar-refractivity contribution < 1.29 is 9.53 Å². The van der Waals surface area contributed by atoms with Crippen molar-refractivity contribution >= 4 is 5.97 Å². The minimum atomic E-state index is -0.378. The maximum Gasteiger partial charge on any atom is 0.342 e. The van der Waals surface area contributed by atoms with Crippen LogP contribution in [-0.4, -0.2) is 22.5 Å². The van der Waals surface area contributed by atoms with Crippen molar-refractivity contribution in [2.45, 2.75) is 20.8 Å². The van der Waals surface area contributed by atoms with Crippen LogP contribution in [0.4, 0.5) is 0 Å². The van der Waals surface area contributed by atoms with E-state index in [1.165, 1.54) is 6.33 Å². The molecule has 19 heavy (non-hydrogen) atoms. The Morgan fingerprint density at radius 2 is 2.05 bits per heavy atom. The fraction of sp³-hybridized carbons (Fsp3) is 0.267. The van der Waals surface area contributed by atoms with Crippen molar-refractivity contribution in [1.82, 2.24) is 9.97 Å². The molecule has 4 nitrogen and oxygen atoms in total. The first-order valence-electron chi connectivity index (χ1n) is 6.19. The van der Waals surface area contributed by atoms with Crippen LogP contribution >= 0.6 is 0 Å². The van der Waals surface area contributed by atoms with Crippen LogP contribution in [0.1, 0.15) is 28.5 Å². The van der Waals surface area contributed by atoms with E-state index in [1.54, 1.807) is 13.8 Å². The first kappa shape index (κ1) is 13.2. The van der Waals surface area contributed by atoms with Gasteiger partial charge in [-0.2, -0.15) is 0 Å². The average molecular weight is 256 g/mol. The first-order chi connectivity index (χ1) is 9.13. The van der Waals surface area contributed by atoms with Gasteiger partial charge in [-0.1, -0.05) is 23.8 Å². The highest BCUT2D eigenvalue weighted by molar-refractivity contribution is 5.97. The Kier molecular flexibility index (Phi) is 3.90. The van der Waals surface area contributed by atoms with E-state index >= 15 is 0 Å². The van der Waals surface area contributed by atoms with E-state index in [1.807, 2.05) is 31.2 Å². The summed E-state index contributed by atoms with van der Waals surface area (Å²) in [6, 6.07) is 7.86. The number of aryl methyl sites for hydroxylation is 2. The van der Waals surface area contributed by atoms with Gasteiger partial charge >= 0.3 is 5.97 Å². The summed E-state index contributed by atoms with van der Waals surface area (Å²) in [5.74, 6) is -0.378.